The number of hydrogen-bond donors (Lipinski definition) is 1. The van der Waals surface area contributed by atoms with E-state index in [1.807, 2.05) is 4.90 Å². The smallest absolute Gasteiger partial charge is 0.371 e. The van der Waals surface area contributed by atoms with E-state index in [1.54, 1.807) is 6.07 Å². The number of nitrogens with one attached hydrogen (secondary N) is 1. The Bertz CT molecular complexity index is 488. The van der Waals surface area contributed by atoms with E-state index in [1.165, 1.54) is 12.1 Å². The van der Waals surface area contributed by atoms with Crippen molar-refractivity contribution >= 4 is 21.6 Å². The summed E-state index contributed by atoms with van der Waals surface area (Å²) in [5.41, 5.74) is 0.0429. The van der Waals surface area contributed by atoms with Crippen LogP contribution in [0.4, 0.5) is 18.9 Å². The van der Waals surface area contributed by atoms with Crippen molar-refractivity contribution < 1.29 is 13.2 Å². The van der Waals surface area contributed by atoms with Crippen LogP contribution < -0.4 is 10.2 Å². The molecule has 1 fully saturated rings. The van der Waals surface area contributed by atoms with Crippen LogP contribution in [0.15, 0.2) is 22.7 Å². The molecule has 21 heavy (non-hydrogen) atoms. The summed E-state index contributed by atoms with van der Waals surface area (Å²) in [5, 5.41) is 3.39. The molecule has 0 aliphatic carbocycles. The predicted octanol–water partition coefficient (Wildman–Crippen LogP) is 4.29. The number of hydrogen-bond acceptors (Lipinski definition) is 2. The zero-order valence-corrected chi connectivity index (χ0v) is 13.8. The first-order valence-corrected chi connectivity index (χ1v) is 7.91. The van der Waals surface area contributed by atoms with Gasteiger partial charge in [0.25, 0.3) is 0 Å². The molecule has 1 aliphatic heterocycles. The third kappa shape index (κ3) is 4.36. The third-order valence-corrected chi connectivity index (χ3v) is 4.41. The summed E-state index contributed by atoms with van der Waals surface area (Å²) in [4.78, 5) is 2.04. The maximum atomic E-state index is 12.9. The van der Waals surface area contributed by atoms with Gasteiger partial charge < -0.3 is 10.2 Å². The fourth-order valence-corrected chi connectivity index (χ4v) is 3.03. The summed E-state index contributed by atoms with van der Waals surface area (Å²) in [6.45, 7) is 6.72. The lowest BCUT2D eigenvalue weighted by Crippen LogP contribution is -2.30. The first-order chi connectivity index (χ1) is 9.77. The molecule has 1 aliphatic rings. The number of benzene rings is 1. The van der Waals surface area contributed by atoms with Crippen molar-refractivity contribution in [2.24, 2.45) is 5.92 Å². The molecular formula is C15H20BrF3N2. The van der Waals surface area contributed by atoms with Crippen LogP contribution in [0, 0.1) is 5.92 Å². The van der Waals surface area contributed by atoms with Crippen molar-refractivity contribution in [1.82, 2.24) is 5.32 Å². The zero-order valence-electron chi connectivity index (χ0n) is 12.2. The Morgan fingerprint density at radius 1 is 1.38 bits per heavy atom. The van der Waals surface area contributed by atoms with E-state index in [-0.39, 0.29) is 4.47 Å². The molecule has 0 saturated carbocycles. The summed E-state index contributed by atoms with van der Waals surface area (Å²) in [6, 6.07) is 4.90. The van der Waals surface area contributed by atoms with Crippen molar-refractivity contribution in [2.75, 3.05) is 24.5 Å². The normalized spacial score (nSPS) is 19.6. The van der Waals surface area contributed by atoms with Gasteiger partial charge in [-0.1, -0.05) is 29.8 Å². The van der Waals surface area contributed by atoms with Gasteiger partial charge in [-0.25, -0.2) is 0 Å². The summed E-state index contributed by atoms with van der Waals surface area (Å²) in [5.74, 6) is 0.491. The molecule has 1 unspecified atom stereocenters. The minimum absolute atomic E-state index is 0.0935. The lowest BCUT2D eigenvalue weighted by atomic mass is 10.1. The molecule has 1 heterocycles. The number of halogens is 4. The van der Waals surface area contributed by atoms with Crippen LogP contribution in [0.5, 0.6) is 0 Å². The average Bonchev–Trinajstić information content (AvgIpc) is 2.84. The molecule has 0 spiro atoms. The largest absolute Gasteiger partial charge is 0.417 e. The number of anilines is 1. The Hall–Kier alpha value is -0.750. The van der Waals surface area contributed by atoms with Gasteiger partial charge in [-0.05, 0) is 37.1 Å². The maximum absolute atomic E-state index is 12.9. The van der Waals surface area contributed by atoms with Gasteiger partial charge in [-0.15, -0.1) is 0 Å². The summed E-state index contributed by atoms with van der Waals surface area (Å²) in [7, 11) is 0. The molecule has 2 rings (SSSR count). The van der Waals surface area contributed by atoms with Crippen molar-refractivity contribution in [3.63, 3.8) is 0 Å². The summed E-state index contributed by atoms with van der Waals surface area (Å²) >= 11 is 2.98. The minimum Gasteiger partial charge on any atom is -0.371 e. The van der Waals surface area contributed by atoms with Crippen molar-refractivity contribution in [3.8, 4) is 0 Å². The monoisotopic (exact) mass is 364 g/mol. The topological polar surface area (TPSA) is 15.3 Å². The minimum atomic E-state index is -4.33. The molecule has 118 valence electrons. The first kappa shape index (κ1) is 16.6. The van der Waals surface area contributed by atoms with E-state index in [4.69, 9.17) is 0 Å². The highest BCUT2D eigenvalue weighted by Gasteiger charge is 2.34. The first-order valence-electron chi connectivity index (χ1n) is 7.12. The Morgan fingerprint density at radius 3 is 2.71 bits per heavy atom. The quantitative estimate of drug-likeness (QED) is 0.856. The van der Waals surface area contributed by atoms with Gasteiger partial charge in [0.15, 0.2) is 0 Å². The Balaban J connectivity index is 2.06. The van der Waals surface area contributed by atoms with Crippen LogP contribution in [0.2, 0.25) is 0 Å². The van der Waals surface area contributed by atoms with Gasteiger partial charge in [0.2, 0.25) is 0 Å². The molecular weight excluding hydrogens is 345 g/mol. The highest BCUT2D eigenvalue weighted by molar-refractivity contribution is 9.10. The lowest BCUT2D eigenvalue weighted by molar-refractivity contribution is -0.138. The maximum Gasteiger partial charge on any atom is 0.417 e. The van der Waals surface area contributed by atoms with Crippen LogP contribution in [-0.4, -0.2) is 25.7 Å². The average molecular weight is 365 g/mol. The highest BCUT2D eigenvalue weighted by Crippen LogP contribution is 2.37. The van der Waals surface area contributed by atoms with Gasteiger partial charge in [-0.3, -0.25) is 0 Å². The van der Waals surface area contributed by atoms with Crippen LogP contribution in [0.3, 0.4) is 0 Å². The fraction of sp³-hybridized carbons (Fsp3) is 0.600. The molecule has 6 heteroatoms. The van der Waals surface area contributed by atoms with Gasteiger partial charge in [0.1, 0.15) is 0 Å². The van der Waals surface area contributed by atoms with Crippen LogP contribution in [0.25, 0.3) is 0 Å². The van der Waals surface area contributed by atoms with Crippen molar-refractivity contribution in [1.29, 1.82) is 0 Å². The van der Waals surface area contributed by atoms with Crippen molar-refractivity contribution in [2.45, 2.75) is 32.5 Å². The van der Waals surface area contributed by atoms with Gasteiger partial charge in [-0.2, -0.15) is 13.2 Å². The van der Waals surface area contributed by atoms with E-state index in [9.17, 15) is 13.2 Å². The molecule has 2 nitrogen and oxygen atoms in total. The standard InChI is InChI=1S/C15H20BrF3N2/c1-10(2)20-8-11-5-6-21(9-11)12-3-4-14(16)13(7-12)15(17,18)19/h3-4,7,10-11,20H,5-6,8-9H2,1-2H3. The van der Waals surface area contributed by atoms with E-state index >= 15 is 0 Å². The van der Waals surface area contributed by atoms with Crippen LogP contribution in [0.1, 0.15) is 25.8 Å². The summed E-state index contributed by atoms with van der Waals surface area (Å²) < 4.78 is 38.9. The second kappa shape index (κ2) is 6.57. The number of rotatable bonds is 4. The number of nitrogens with zero attached hydrogens (tertiary/aromatic N) is 1. The molecule has 0 amide bonds. The van der Waals surface area contributed by atoms with E-state index in [0.29, 0.717) is 17.6 Å². The summed E-state index contributed by atoms with van der Waals surface area (Å²) in [6.07, 6.45) is -3.32. The van der Waals surface area contributed by atoms with Gasteiger partial charge >= 0.3 is 6.18 Å². The molecule has 1 atom stereocenters. The third-order valence-electron chi connectivity index (χ3n) is 3.72. The van der Waals surface area contributed by atoms with Crippen LogP contribution in [-0.2, 0) is 6.18 Å². The SMILES string of the molecule is CC(C)NCC1CCN(c2ccc(Br)c(C(F)(F)F)c2)C1. The number of alkyl halides is 3. The van der Waals surface area contributed by atoms with E-state index in [0.717, 1.165) is 26.1 Å². The van der Waals surface area contributed by atoms with Gasteiger partial charge in [0, 0.05) is 29.3 Å². The van der Waals surface area contributed by atoms with Crippen LogP contribution >= 0.6 is 15.9 Å². The highest BCUT2D eigenvalue weighted by atomic mass is 79.9. The zero-order chi connectivity index (χ0) is 15.6. The Morgan fingerprint density at radius 2 is 2.10 bits per heavy atom. The molecule has 1 saturated heterocycles. The van der Waals surface area contributed by atoms with Gasteiger partial charge in [0.05, 0.1) is 5.56 Å². The molecule has 0 radical (unpaired) electrons. The second-order valence-corrected chi connectivity index (χ2v) is 6.68. The lowest BCUT2D eigenvalue weighted by Gasteiger charge is -2.21. The molecule has 0 bridgehead atoms. The fourth-order valence-electron chi connectivity index (χ4n) is 2.56. The Labute approximate surface area is 131 Å². The second-order valence-electron chi connectivity index (χ2n) is 5.83. The van der Waals surface area contributed by atoms with E-state index in [2.05, 4.69) is 35.1 Å². The molecule has 1 aromatic rings. The van der Waals surface area contributed by atoms with E-state index < -0.39 is 11.7 Å². The molecule has 0 aromatic heterocycles. The molecule has 1 aromatic carbocycles. The molecule has 1 N–H and O–H groups in total. The predicted molar refractivity (Wildman–Crippen MR) is 82.6 cm³/mol. The van der Waals surface area contributed by atoms with Crippen molar-refractivity contribution in [3.05, 3.63) is 28.2 Å². The Kier molecular flexibility index (Phi) is 5.20.